The Morgan fingerprint density at radius 3 is 2.68 bits per heavy atom. The van der Waals surface area contributed by atoms with E-state index in [9.17, 15) is 4.79 Å². The fraction of sp³-hybridized carbons (Fsp3) is 0.467. The number of hydrogen-bond acceptors (Lipinski definition) is 2. The lowest BCUT2D eigenvalue weighted by molar-refractivity contribution is 0.0636. The smallest absolute Gasteiger partial charge is 0.412 e. The average molecular weight is 260 g/mol. The third-order valence-corrected chi connectivity index (χ3v) is 2.45. The van der Waals surface area contributed by atoms with E-state index in [-0.39, 0.29) is 0 Å². The first-order valence-electron chi connectivity index (χ1n) is 6.24. The monoisotopic (exact) mass is 260 g/mol. The van der Waals surface area contributed by atoms with Crippen LogP contribution >= 0.6 is 0 Å². The van der Waals surface area contributed by atoms with Gasteiger partial charge in [-0.05, 0) is 44.9 Å². The molecule has 0 aliphatic heterocycles. The Kier molecular flexibility index (Phi) is 4.94. The molecule has 0 saturated heterocycles. The van der Waals surface area contributed by atoms with E-state index in [1.165, 1.54) is 0 Å². The van der Waals surface area contributed by atoms with E-state index in [0.717, 1.165) is 16.8 Å². The molecule has 1 rings (SSSR count). The van der Waals surface area contributed by atoms with Crippen molar-refractivity contribution < 1.29 is 9.53 Å². The van der Waals surface area contributed by atoms with Crippen LogP contribution in [0.25, 0.3) is 4.85 Å². The molecule has 0 bridgehead atoms. The zero-order valence-electron chi connectivity index (χ0n) is 11.9. The number of amides is 1. The second-order valence-electron chi connectivity index (χ2n) is 5.41. The fourth-order valence-electron chi connectivity index (χ4n) is 1.56. The van der Waals surface area contributed by atoms with Gasteiger partial charge in [0.25, 0.3) is 0 Å². The molecule has 1 N–H and O–H groups in total. The molecule has 0 fully saturated rings. The zero-order chi connectivity index (χ0) is 14.5. The highest BCUT2D eigenvalue weighted by atomic mass is 16.6. The van der Waals surface area contributed by atoms with E-state index < -0.39 is 11.7 Å². The van der Waals surface area contributed by atoms with Gasteiger partial charge in [-0.1, -0.05) is 12.1 Å². The quantitative estimate of drug-likeness (QED) is 0.840. The van der Waals surface area contributed by atoms with Crippen LogP contribution in [0.3, 0.4) is 0 Å². The largest absolute Gasteiger partial charge is 0.444 e. The van der Waals surface area contributed by atoms with Crippen molar-refractivity contribution in [2.75, 3.05) is 11.9 Å². The summed E-state index contributed by atoms with van der Waals surface area (Å²) >= 11 is 0. The average Bonchev–Trinajstić information content (AvgIpc) is 2.27. The van der Waals surface area contributed by atoms with Crippen molar-refractivity contribution in [3.8, 4) is 0 Å². The summed E-state index contributed by atoms with van der Waals surface area (Å²) < 4.78 is 5.22. The highest BCUT2D eigenvalue weighted by Crippen LogP contribution is 2.18. The van der Waals surface area contributed by atoms with Crippen LogP contribution in [0.4, 0.5) is 10.5 Å². The lowest BCUT2D eigenvalue weighted by atomic mass is 10.1. The fourth-order valence-corrected chi connectivity index (χ4v) is 1.56. The predicted molar refractivity (Wildman–Crippen MR) is 76.2 cm³/mol. The van der Waals surface area contributed by atoms with E-state index in [1.807, 2.05) is 45.9 Å². The third kappa shape index (κ3) is 5.43. The topological polar surface area (TPSA) is 42.7 Å². The van der Waals surface area contributed by atoms with Crippen LogP contribution in [0.2, 0.25) is 0 Å². The van der Waals surface area contributed by atoms with E-state index in [0.29, 0.717) is 13.0 Å². The molecule has 0 unspecified atom stereocenters. The molecule has 0 aromatic heterocycles. The van der Waals surface area contributed by atoms with Crippen molar-refractivity contribution in [3.63, 3.8) is 0 Å². The maximum atomic E-state index is 11.7. The third-order valence-electron chi connectivity index (χ3n) is 2.45. The van der Waals surface area contributed by atoms with Crippen LogP contribution in [0, 0.1) is 13.5 Å². The first-order chi connectivity index (χ1) is 8.81. The minimum Gasteiger partial charge on any atom is -0.444 e. The number of ether oxygens (including phenoxy) is 1. The van der Waals surface area contributed by atoms with Crippen LogP contribution in [0.1, 0.15) is 31.9 Å². The number of nitrogens with zero attached hydrogens (tertiary/aromatic N) is 1. The van der Waals surface area contributed by atoms with Gasteiger partial charge in [0.1, 0.15) is 5.60 Å². The number of carbonyl (C=O) groups is 1. The van der Waals surface area contributed by atoms with E-state index >= 15 is 0 Å². The van der Waals surface area contributed by atoms with Crippen molar-refractivity contribution in [1.29, 1.82) is 0 Å². The molecule has 102 valence electrons. The molecule has 0 heterocycles. The molecule has 4 nitrogen and oxygen atoms in total. The summed E-state index contributed by atoms with van der Waals surface area (Å²) in [5.41, 5.74) is 2.22. The van der Waals surface area contributed by atoms with Crippen LogP contribution in [-0.2, 0) is 11.2 Å². The van der Waals surface area contributed by atoms with Crippen LogP contribution < -0.4 is 5.32 Å². The molecular weight excluding hydrogens is 240 g/mol. The molecule has 0 aliphatic carbocycles. The molecule has 0 spiro atoms. The minimum atomic E-state index is -0.514. The molecular formula is C15H20N2O2. The second kappa shape index (κ2) is 6.24. The first kappa shape index (κ1) is 15.0. The molecule has 1 aromatic carbocycles. The highest BCUT2D eigenvalue weighted by Gasteiger charge is 2.16. The number of nitrogens with one attached hydrogen (secondary N) is 1. The van der Waals surface area contributed by atoms with Gasteiger partial charge in [0.15, 0.2) is 0 Å². The Labute approximate surface area is 114 Å². The molecule has 4 heteroatoms. The molecule has 0 aliphatic rings. The maximum Gasteiger partial charge on any atom is 0.412 e. The Morgan fingerprint density at radius 1 is 1.42 bits per heavy atom. The predicted octanol–water partition coefficient (Wildman–Crippen LogP) is 3.80. The molecule has 1 aromatic rings. The van der Waals surface area contributed by atoms with Crippen molar-refractivity contribution >= 4 is 11.8 Å². The normalized spacial score (nSPS) is 10.7. The van der Waals surface area contributed by atoms with Gasteiger partial charge in [-0.15, -0.1) is 0 Å². The van der Waals surface area contributed by atoms with Crippen molar-refractivity contribution in [3.05, 3.63) is 40.7 Å². The van der Waals surface area contributed by atoms with E-state index in [1.54, 1.807) is 0 Å². The Hall–Kier alpha value is -2.02. The van der Waals surface area contributed by atoms with Gasteiger partial charge in [-0.25, -0.2) is 11.4 Å². The Bertz CT molecular complexity index is 496. The SMILES string of the molecule is [C-]#[N+]CCc1ccc(C)c(NC(=O)OC(C)(C)C)c1. The molecule has 0 saturated carbocycles. The van der Waals surface area contributed by atoms with Gasteiger partial charge in [-0.2, -0.15) is 0 Å². The summed E-state index contributed by atoms with van der Waals surface area (Å²) in [4.78, 5) is 15.1. The number of carbonyl (C=O) groups excluding carboxylic acids is 1. The maximum absolute atomic E-state index is 11.7. The number of aryl methyl sites for hydroxylation is 1. The number of benzene rings is 1. The van der Waals surface area contributed by atoms with Crippen molar-refractivity contribution in [2.45, 2.75) is 39.7 Å². The molecule has 0 radical (unpaired) electrons. The Morgan fingerprint density at radius 2 is 2.11 bits per heavy atom. The molecule has 19 heavy (non-hydrogen) atoms. The summed E-state index contributed by atoms with van der Waals surface area (Å²) in [7, 11) is 0. The Balaban J connectivity index is 2.77. The van der Waals surface area contributed by atoms with Crippen molar-refractivity contribution in [2.24, 2.45) is 0 Å². The van der Waals surface area contributed by atoms with Gasteiger partial charge in [0.2, 0.25) is 6.54 Å². The van der Waals surface area contributed by atoms with Crippen LogP contribution in [0.15, 0.2) is 18.2 Å². The van der Waals surface area contributed by atoms with Gasteiger partial charge in [0, 0.05) is 12.1 Å². The number of hydrogen-bond donors (Lipinski definition) is 1. The standard InChI is InChI=1S/C15H20N2O2/c1-11-6-7-12(8-9-16-5)10-13(11)17-14(18)19-15(2,3)4/h6-7,10H,8-9H2,1-4H3,(H,17,18). The first-order valence-corrected chi connectivity index (χ1v) is 6.24. The summed E-state index contributed by atoms with van der Waals surface area (Å²) in [6.07, 6.45) is 0.227. The van der Waals surface area contributed by atoms with Gasteiger partial charge in [-0.3, -0.25) is 5.32 Å². The number of rotatable bonds is 3. The summed E-state index contributed by atoms with van der Waals surface area (Å²) in [6.45, 7) is 14.6. The van der Waals surface area contributed by atoms with E-state index in [4.69, 9.17) is 11.3 Å². The second-order valence-corrected chi connectivity index (χ2v) is 5.41. The zero-order valence-corrected chi connectivity index (χ0v) is 11.9. The minimum absolute atomic E-state index is 0.453. The number of anilines is 1. The highest BCUT2D eigenvalue weighted by molar-refractivity contribution is 5.86. The molecule has 1 amide bonds. The summed E-state index contributed by atoms with van der Waals surface area (Å²) in [5.74, 6) is 0. The summed E-state index contributed by atoms with van der Waals surface area (Å²) in [6, 6.07) is 5.80. The van der Waals surface area contributed by atoms with Gasteiger partial charge in [0.05, 0.1) is 0 Å². The van der Waals surface area contributed by atoms with Gasteiger partial charge < -0.3 is 9.58 Å². The lowest BCUT2D eigenvalue weighted by Crippen LogP contribution is -2.27. The van der Waals surface area contributed by atoms with Gasteiger partial charge >= 0.3 is 6.09 Å². The molecule has 0 atom stereocenters. The van der Waals surface area contributed by atoms with Crippen LogP contribution in [0.5, 0.6) is 0 Å². The van der Waals surface area contributed by atoms with E-state index in [2.05, 4.69) is 10.2 Å². The van der Waals surface area contributed by atoms with Crippen LogP contribution in [-0.4, -0.2) is 18.2 Å². The van der Waals surface area contributed by atoms with Crippen molar-refractivity contribution in [1.82, 2.24) is 0 Å². The lowest BCUT2D eigenvalue weighted by Gasteiger charge is -2.20. The summed E-state index contributed by atoms with van der Waals surface area (Å²) in [5, 5.41) is 2.74.